The molecule has 2 unspecified atom stereocenters. The fourth-order valence-electron chi connectivity index (χ4n) is 1.62. The molecule has 0 spiro atoms. The van der Waals surface area contributed by atoms with E-state index in [1.165, 1.54) is 0 Å². The maximum Gasteiger partial charge on any atom is 0.335 e. The third kappa shape index (κ3) is 3.47. The Bertz CT molecular complexity index is 490. The molecule has 8 nitrogen and oxygen atoms in total. The number of hydrogen-bond acceptors (Lipinski definition) is 6. The fraction of sp³-hybridized carbons (Fsp3) is 0.364. The Morgan fingerprint density at radius 2 is 2.05 bits per heavy atom. The zero-order valence-electron chi connectivity index (χ0n) is 9.89. The summed E-state index contributed by atoms with van der Waals surface area (Å²) in [6.45, 7) is 0.110. The average molecular weight is 270 g/mol. The molecule has 0 bridgehead atoms. The molecule has 0 saturated heterocycles. The molecule has 0 heterocycles. The Balaban J connectivity index is 3.20. The smallest absolute Gasteiger partial charge is 0.335 e. The summed E-state index contributed by atoms with van der Waals surface area (Å²) in [5.74, 6) is -1.31. The van der Waals surface area contributed by atoms with Crippen LogP contribution >= 0.6 is 0 Å². The molecule has 0 aliphatic carbocycles. The third-order valence-electron chi connectivity index (χ3n) is 2.62. The number of nitro benzene ring substituents is 1. The number of benzene rings is 1. The van der Waals surface area contributed by atoms with Crippen LogP contribution in [0.15, 0.2) is 18.2 Å². The van der Waals surface area contributed by atoms with Crippen LogP contribution in [-0.4, -0.2) is 38.9 Å². The lowest BCUT2D eigenvalue weighted by Gasteiger charge is -2.17. The molecule has 0 saturated carbocycles. The second-order valence-corrected chi connectivity index (χ2v) is 3.93. The minimum Gasteiger partial charge on any atom is -0.478 e. The van der Waals surface area contributed by atoms with Gasteiger partial charge in [-0.05, 0) is 25.1 Å². The normalized spacial score (nSPS) is 13.8. The van der Waals surface area contributed by atoms with Gasteiger partial charge in [0, 0.05) is 6.07 Å². The summed E-state index contributed by atoms with van der Waals surface area (Å²) in [4.78, 5) is 20.8. The van der Waals surface area contributed by atoms with Gasteiger partial charge in [0.15, 0.2) is 0 Å². The Morgan fingerprint density at radius 1 is 1.42 bits per heavy atom. The summed E-state index contributed by atoms with van der Waals surface area (Å²) < 4.78 is 0. The Labute approximate surface area is 108 Å². The molecule has 5 N–H and O–H groups in total. The molecule has 0 aliphatic rings. The van der Waals surface area contributed by atoms with Crippen LogP contribution in [0.3, 0.4) is 0 Å². The summed E-state index contributed by atoms with van der Waals surface area (Å²) in [6, 6.07) is 3.09. The molecule has 8 heteroatoms. The summed E-state index contributed by atoms with van der Waals surface area (Å²) >= 11 is 0. The second-order valence-electron chi connectivity index (χ2n) is 3.93. The predicted molar refractivity (Wildman–Crippen MR) is 64.7 cm³/mol. The molecular weight excluding hydrogens is 256 g/mol. The van der Waals surface area contributed by atoms with Gasteiger partial charge < -0.3 is 21.1 Å². The van der Waals surface area contributed by atoms with Crippen molar-refractivity contribution in [2.45, 2.75) is 18.6 Å². The predicted octanol–water partition coefficient (Wildman–Crippen LogP) is 0.0361. The van der Waals surface area contributed by atoms with Gasteiger partial charge >= 0.3 is 5.97 Å². The number of nitrogens with two attached hydrogens (primary N) is 1. The Kier molecular flexibility index (Phi) is 4.93. The standard InChI is InChI=1S/C11H14N2O6/c12-4-3-9(14)10(15)7-2-1-6(11(16)17)5-8(7)13(18)19/h1-2,5,9-10,14-15H,3-4,12H2,(H,16,17). The molecule has 0 aromatic heterocycles. The maximum absolute atomic E-state index is 10.9. The number of rotatable bonds is 6. The summed E-state index contributed by atoms with van der Waals surface area (Å²) in [5, 5.41) is 39.0. The molecule has 1 aromatic carbocycles. The van der Waals surface area contributed by atoms with E-state index >= 15 is 0 Å². The largest absolute Gasteiger partial charge is 0.478 e. The van der Waals surface area contributed by atoms with E-state index in [1.54, 1.807) is 0 Å². The van der Waals surface area contributed by atoms with Gasteiger partial charge in [0.1, 0.15) is 6.10 Å². The minimum absolute atomic E-state index is 0.0685. The topological polar surface area (TPSA) is 147 Å². The lowest BCUT2D eigenvalue weighted by molar-refractivity contribution is -0.386. The Hall–Kier alpha value is -2.03. The number of nitro groups is 1. The Morgan fingerprint density at radius 3 is 2.53 bits per heavy atom. The van der Waals surface area contributed by atoms with Crippen LogP contribution in [0.1, 0.15) is 28.4 Å². The zero-order chi connectivity index (χ0) is 14.6. The van der Waals surface area contributed by atoms with Gasteiger partial charge in [-0.3, -0.25) is 10.1 Å². The molecule has 0 amide bonds. The molecule has 2 atom stereocenters. The van der Waals surface area contributed by atoms with E-state index in [2.05, 4.69) is 0 Å². The second kappa shape index (κ2) is 6.23. The lowest BCUT2D eigenvalue weighted by atomic mass is 9.99. The number of aromatic carboxylic acids is 1. The van der Waals surface area contributed by atoms with Crippen LogP contribution < -0.4 is 5.73 Å². The molecular formula is C11H14N2O6. The van der Waals surface area contributed by atoms with Crippen LogP contribution in [0, 0.1) is 10.1 Å². The first-order chi connectivity index (χ1) is 8.88. The van der Waals surface area contributed by atoms with Crippen molar-refractivity contribution in [2.75, 3.05) is 6.54 Å². The first-order valence-corrected chi connectivity index (χ1v) is 5.46. The molecule has 1 aromatic rings. The monoisotopic (exact) mass is 270 g/mol. The SMILES string of the molecule is NCCC(O)C(O)c1ccc(C(=O)O)cc1[N+](=O)[O-]. The number of carboxylic acids is 1. The highest BCUT2D eigenvalue weighted by Gasteiger charge is 2.27. The van der Waals surface area contributed by atoms with Crippen molar-refractivity contribution in [2.24, 2.45) is 5.73 Å². The first kappa shape index (κ1) is 15.0. The highest BCUT2D eigenvalue weighted by atomic mass is 16.6. The average Bonchev–Trinajstić information content (AvgIpc) is 2.37. The van der Waals surface area contributed by atoms with E-state index in [0.29, 0.717) is 0 Å². The number of carbonyl (C=O) groups is 1. The molecule has 1 rings (SSSR count). The third-order valence-corrected chi connectivity index (χ3v) is 2.62. The van der Waals surface area contributed by atoms with E-state index in [0.717, 1.165) is 18.2 Å². The lowest BCUT2D eigenvalue weighted by Crippen LogP contribution is -2.22. The number of nitrogens with zero attached hydrogens (tertiary/aromatic N) is 1. The number of aliphatic hydroxyl groups excluding tert-OH is 2. The van der Waals surface area contributed by atoms with Gasteiger partial charge in [0.05, 0.1) is 22.2 Å². The van der Waals surface area contributed by atoms with Gasteiger partial charge in [-0.15, -0.1) is 0 Å². The quantitative estimate of drug-likeness (QED) is 0.421. The van der Waals surface area contributed by atoms with E-state index in [9.17, 15) is 25.1 Å². The van der Waals surface area contributed by atoms with Crippen molar-refractivity contribution in [3.8, 4) is 0 Å². The number of aliphatic hydroxyl groups is 2. The summed E-state index contributed by atoms with van der Waals surface area (Å²) in [6.07, 6.45) is -2.68. The van der Waals surface area contributed by atoms with Crippen molar-refractivity contribution < 1.29 is 25.0 Å². The van der Waals surface area contributed by atoms with Crippen molar-refractivity contribution in [1.82, 2.24) is 0 Å². The van der Waals surface area contributed by atoms with E-state index < -0.39 is 28.8 Å². The number of hydrogen-bond donors (Lipinski definition) is 4. The summed E-state index contributed by atoms with van der Waals surface area (Å²) in [7, 11) is 0. The van der Waals surface area contributed by atoms with Gasteiger partial charge in [-0.1, -0.05) is 0 Å². The van der Waals surface area contributed by atoms with Crippen molar-refractivity contribution in [3.05, 3.63) is 39.4 Å². The maximum atomic E-state index is 10.9. The van der Waals surface area contributed by atoms with Crippen LogP contribution in [0.4, 0.5) is 5.69 Å². The molecule has 104 valence electrons. The van der Waals surface area contributed by atoms with Crippen LogP contribution in [-0.2, 0) is 0 Å². The van der Waals surface area contributed by atoms with Gasteiger partial charge in [0.2, 0.25) is 0 Å². The fourth-order valence-corrected chi connectivity index (χ4v) is 1.62. The van der Waals surface area contributed by atoms with Crippen molar-refractivity contribution in [1.29, 1.82) is 0 Å². The zero-order valence-corrected chi connectivity index (χ0v) is 9.89. The van der Waals surface area contributed by atoms with Gasteiger partial charge in [0.25, 0.3) is 5.69 Å². The summed E-state index contributed by atoms with van der Waals surface area (Å²) in [5.41, 5.74) is 4.26. The molecule has 19 heavy (non-hydrogen) atoms. The van der Waals surface area contributed by atoms with E-state index in [4.69, 9.17) is 10.8 Å². The molecule has 0 aliphatic heterocycles. The highest BCUT2D eigenvalue weighted by Crippen LogP contribution is 2.29. The minimum atomic E-state index is -1.49. The van der Waals surface area contributed by atoms with Gasteiger partial charge in [-0.25, -0.2) is 4.79 Å². The van der Waals surface area contributed by atoms with Crippen molar-refractivity contribution in [3.63, 3.8) is 0 Å². The van der Waals surface area contributed by atoms with Crippen LogP contribution in [0.2, 0.25) is 0 Å². The van der Waals surface area contributed by atoms with E-state index in [1.807, 2.05) is 0 Å². The van der Waals surface area contributed by atoms with E-state index in [-0.39, 0.29) is 24.1 Å². The number of carboxylic acid groups (broad SMARTS) is 1. The van der Waals surface area contributed by atoms with Crippen LogP contribution in [0.25, 0.3) is 0 Å². The highest BCUT2D eigenvalue weighted by molar-refractivity contribution is 5.88. The molecule has 0 fully saturated rings. The molecule has 0 radical (unpaired) electrons. The first-order valence-electron chi connectivity index (χ1n) is 5.46. The van der Waals surface area contributed by atoms with Crippen molar-refractivity contribution >= 4 is 11.7 Å². The van der Waals surface area contributed by atoms with Crippen LogP contribution in [0.5, 0.6) is 0 Å². The van der Waals surface area contributed by atoms with Gasteiger partial charge in [-0.2, -0.15) is 0 Å².